The van der Waals surface area contributed by atoms with Crippen molar-refractivity contribution in [3.63, 3.8) is 0 Å². The highest BCUT2D eigenvalue weighted by Gasteiger charge is 2.34. The van der Waals surface area contributed by atoms with Crippen molar-refractivity contribution in [2.24, 2.45) is 5.92 Å². The number of nitrogens with zero attached hydrogens (tertiary/aromatic N) is 2. The van der Waals surface area contributed by atoms with Gasteiger partial charge in [0.15, 0.2) is 0 Å². The van der Waals surface area contributed by atoms with E-state index in [1.807, 2.05) is 4.90 Å². The number of halogens is 3. The minimum atomic E-state index is -4.52. The minimum absolute atomic E-state index is 0.0335. The highest BCUT2D eigenvalue weighted by molar-refractivity contribution is 5.78. The average molecular weight is 296 g/mol. The van der Waals surface area contributed by atoms with Crippen molar-refractivity contribution < 1.29 is 18.0 Å². The number of piperidine rings is 1. The summed E-state index contributed by atoms with van der Waals surface area (Å²) >= 11 is 0. The highest BCUT2D eigenvalue weighted by Crippen LogP contribution is 2.34. The monoisotopic (exact) mass is 296 g/mol. The molecule has 0 aromatic heterocycles. The number of alkyl halides is 3. The molecule has 1 fully saturated rings. The van der Waals surface area contributed by atoms with Gasteiger partial charge in [0.1, 0.15) is 5.78 Å². The van der Waals surface area contributed by atoms with Crippen LogP contribution in [-0.2, 0) is 11.0 Å². The molecule has 21 heavy (non-hydrogen) atoms. The van der Waals surface area contributed by atoms with Crippen molar-refractivity contribution in [1.82, 2.24) is 0 Å². The molecule has 1 aliphatic rings. The van der Waals surface area contributed by atoms with Crippen molar-refractivity contribution in [3.8, 4) is 6.07 Å². The fourth-order valence-electron chi connectivity index (χ4n) is 2.61. The number of nitriles is 1. The smallest absolute Gasteiger partial charge is 0.371 e. The van der Waals surface area contributed by atoms with E-state index < -0.39 is 11.7 Å². The normalized spacial score (nSPS) is 16.6. The summed E-state index contributed by atoms with van der Waals surface area (Å²) in [5.74, 6) is 0.186. The molecule has 0 saturated carbocycles. The Kier molecular flexibility index (Phi) is 4.21. The Balaban J connectivity index is 2.20. The Morgan fingerprint density at radius 3 is 2.43 bits per heavy atom. The standard InChI is InChI=1S/C15H15F3N2O/c1-10(21)11-4-6-20(7-5-11)13-2-3-14(15(16,17)18)12(8-13)9-19/h2-3,8,11H,4-7H2,1H3. The lowest BCUT2D eigenvalue weighted by atomic mass is 9.93. The fourth-order valence-corrected chi connectivity index (χ4v) is 2.61. The number of rotatable bonds is 2. The van der Waals surface area contributed by atoms with Gasteiger partial charge in [0, 0.05) is 24.7 Å². The summed E-state index contributed by atoms with van der Waals surface area (Å²) in [6.45, 7) is 2.78. The average Bonchev–Trinajstić information content (AvgIpc) is 2.45. The molecule has 0 radical (unpaired) electrons. The second-order valence-electron chi connectivity index (χ2n) is 5.21. The third kappa shape index (κ3) is 3.35. The molecule has 112 valence electrons. The molecule has 0 spiro atoms. The molecule has 1 aliphatic heterocycles. The van der Waals surface area contributed by atoms with Crippen LogP contribution in [0.5, 0.6) is 0 Å². The third-order valence-corrected chi connectivity index (χ3v) is 3.86. The first kappa shape index (κ1) is 15.4. The largest absolute Gasteiger partial charge is 0.417 e. The van der Waals surface area contributed by atoms with Crippen LogP contribution in [0.2, 0.25) is 0 Å². The Hall–Kier alpha value is -2.03. The van der Waals surface area contributed by atoms with E-state index in [2.05, 4.69) is 0 Å². The summed E-state index contributed by atoms with van der Waals surface area (Å²) in [4.78, 5) is 13.2. The maximum absolute atomic E-state index is 12.7. The van der Waals surface area contributed by atoms with E-state index in [1.165, 1.54) is 12.1 Å². The zero-order chi connectivity index (χ0) is 15.6. The number of hydrogen-bond donors (Lipinski definition) is 0. The van der Waals surface area contributed by atoms with Crippen LogP contribution in [0.4, 0.5) is 18.9 Å². The topological polar surface area (TPSA) is 44.1 Å². The first-order valence-corrected chi connectivity index (χ1v) is 6.69. The maximum atomic E-state index is 12.7. The predicted molar refractivity (Wildman–Crippen MR) is 71.8 cm³/mol. The number of anilines is 1. The van der Waals surface area contributed by atoms with E-state index in [0.29, 0.717) is 31.6 Å². The van der Waals surface area contributed by atoms with Crippen LogP contribution in [0.15, 0.2) is 18.2 Å². The Bertz CT molecular complexity index is 582. The van der Waals surface area contributed by atoms with Crippen molar-refractivity contribution in [2.75, 3.05) is 18.0 Å². The summed E-state index contributed by atoms with van der Waals surface area (Å²) in [5.41, 5.74) is -0.678. The molecule has 0 N–H and O–H groups in total. The predicted octanol–water partition coefficient (Wildman–Crippen LogP) is 3.38. The van der Waals surface area contributed by atoms with Gasteiger partial charge in [-0.15, -0.1) is 0 Å². The van der Waals surface area contributed by atoms with Crippen molar-refractivity contribution >= 4 is 11.5 Å². The molecule has 3 nitrogen and oxygen atoms in total. The zero-order valence-electron chi connectivity index (χ0n) is 11.6. The summed E-state index contributed by atoms with van der Waals surface area (Å²) in [7, 11) is 0. The lowest BCUT2D eigenvalue weighted by Crippen LogP contribution is -2.35. The Labute approximate surface area is 121 Å². The number of hydrogen-bond acceptors (Lipinski definition) is 3. The van der Waals surface area contributed by atoms with Gasteiger partial charge in [0.25, 0.3) is 0 Å². The van der Waals surface area contributed by atoms with Crippen molar-refractivity contribution in [2.45, 2.75) is 25.9 Å². The van der Waals surface area contributed by atoms with E-state index in [9.17, 15) is 18.0 Å². The molecule has 1 saturated heterocycles. The highest BCUT2D eigenvalue weighted by atomic mass is 19.4. The second-order valence-corrected chi connectivity index (χ2v) is 5.21. The number of Topliss-reactive ketones (excluding diaryl/α,β-unsaturated/α-hetero) is 1. The van der Waals surface area contributed by atoms with Crippen LogP contribution in [-0.4, -0.2) is 18.9 Å². The van der Waals surface area contributed by atoms with Crippen molar-refractivity contribution in [1.29, 1.82) is 5.26 Å². The maximum Gasteiger partial charge on any atom is 0.417 e. The summed E-state index contributed by atoms with van der Waals surface area (Å²) in [5, 5.41) is 8.91. The zero-order valence-corrected chi connectivity index (χ0v) is 11.6. The number of carbonyl (C=O) groups excluding carboxylic acids is 1. The summed E-state index contributed by atoms with van der Waals surface area (Å²) < 4.78 is 38.2. The molecular weight excluding hydrogens is 281 g/mol. The molecule has 1 heterocycles. The molecule has 1 aromatic rings. The molecule has 0 aliphatic carbocycles. The van der Waals surface area contributed by atoms with E-state index in [1.54, 1.807) is 13.0 Å². The molecule has 2 rings (SSSR count). The van der Waals surface area contributed by atoms with Crippen LogP contribution in [0.3, 0.4) is 0 Å². The number of benzene rings is 1. The molecule has 0 unspecified atom stereocenters. The summed E-state index contributed by atoms with van der Waals surface area (Å²) in [6, 6.07) is 5.22. The number of ketones is 1. The van der Waals surface area contributed by atoms with Crippen LogP contribution >= 0.6 is 0 Å². The number of carbonyl (C=O) groups is 1. The van der Waals surface area contributed by atoms with Crippen LogP contribution < -0.4 is 4.90 Å². The van der Waals surface area contributed by atoms with Crippen LogP contribution in [0.1, 0.15) is 30.9 Å². The second kappa shape index (κ2) is 5.76. The molecule has 0 bridgehead atoms. The van der Waals surface area contributed by atoms with Gasteiger partial charge in [-0.25, -0.2) is 0 Å². The summed E-state index contributed by atoms with van der Waals surface area (Å²) in [6.07, 6.45) is -3.14. The van der Waals surface area contributed by atoms with Gasteiger partial charge in [-0.3, -0.25) is 4.79 Å². The third-order valence-electron chi connectivity index (χ3n) is 3.86. The fraction of sp³-hybridized carbons (Fsp3) is 0.467. The first-order chi connectivity index (χ1) is 9.82. The van der Waals surface area contributed by atoms with Crippen LogP contribution in [0.25, 0.3) is 0 Å². The van der Waals surface area contributed by atoms with E-state index >= 15 is 0 Å². The van der Waals surface area contributed by atoms with Gasteiger partial charge in [0.05, 0.1) is 17.2 Å². The molecule has 6 heteroatoms. The minimum Gasteiger partial charge on any atom is -0.371 e. The molecule has 1 aromatic carbocycles. The molecule has 0 amide bonds. The van der Waals surface area contributed by atoms with Gasteiger partial charge < -0.3 is 4.90 Å². The van der Waals surface area contributed by atoms with E-state index in [-0.39, 0.29) is 17.3 Å². The van der Waals surface area contributed by atoms with E-state index in [0.717, 1.165) is 6.07 Å². The van der Waals surface area contributed by atoms with Crippen molar-refractivity contribution in [3.05, 3.63) is 29.3 Å². The lowest BCUT2D eigenvalue weighted by Gasteiger charge is -2.32. The molecule has 0 atom stereocenters. The first-order valence-electron chi connectivity index (χ1n) is 6.69. The Morgan fingerprint density at radius 2 is 1.95 bits per heavy atom. The van der Waals surface area contributed by atoms with Crippen LogP contribution in [0, 0.1) is 17.2 Å². The van der Waals surface area contributed by atoms with Gasteiger partial charge >= 0.3 is 6.18 Å². The van der Waals surface area contributed by atoms with Gasteiger partial charge in [-0.1, -0.05) is 0 Å². The lowest BCUT2D eigenvalue weighted by molar-refractivity contribution is -0.137. The Morgan fingerprint density at radius 1 is 1.33 bits per heavy atom. The van der Waals surface area contributed by atoms with Gasteiger partial charge in [-0.05, 0) is 38.0 Å². The van der Waals surface area contributed by atoms with E-state index in [4.69, 9.17) is 5.26 Å². The van der Waals surface area contributed by atoms with Gasteiger partial charge in [-0.2, -0.15) is 18.4 Å². The molecular formula is C15H15F3N2O. The SMILES string of the molecule is CC(=O)C1CCN(c2ccc(C(F)(F)F)c(C#N)c2)CC1. The van der Waals surface area contributed by atoms with Gasteiger partial charge in [0.2, 0.25) is 0 Å². The quantitative estimate of drug-likeness (QED) is 0.840.